The van der Waals surface area contributed by atoms with Gasteiger partial charge >= 0.3 is 0 Å². The number of rotatable bonds is 4. The molecule has 1 aliphatic heterocycles. The molecule has 1 amide bonds. The van der Waals surface area contributed by atoms with Gasteiger partial charge in [-0.1, -0.05) is 25.1 Å². The van der Waals surface area contributed by atoms with Gasteiger partial charge in [0.1, 0.15) is 5.76 Å². The minimum absolute atomic E-state index is 0.0105. The molecule has 6 heteroatoms. The van der Waals surface area contributed by atoms with E-state index in [2.05, 4.69) is 5.16 Å². The van der Waals surface area contributed by atoms with Crippen molar-refractivity contribution < 1.29 is 14.4 Å². The van der Waals surface area contributed by atoms with Gasteiger partial charge in [-0.2, -0.15) is 0 Å². The van der Waals surface area contributed by atoms with E-state index in [1.165, 1.54) is 0 Å². The first-order chi connectivity index (χ1) is 12.4. The Bertz CT molecular complexity index is 778. The fourth-order valence-corrected chi connectivity index (χ4v) is 3.68. The van der Waals surface area contributed by atoms with Gasteiger partial charge in [0.25, 0.3) is 0 Å². The largest absolute Gasteiger partial charge is 0.392 e. The van der Waals surface area contributed by atoms with E-state index in [0.29, 0.717) is 12.3 Å². The molecular formula is C20H27N3O3. The van der Waals surface area contributed by atoms with E-state index in [-0.39, 0.29) is 24.3 Å². The molecule has 3 heterocycles. The molecule has 0 radical (unpaired) electrons. The van der Waals surface area contributed by atoms with Crippen LogP contribution in [0.4, 0.5) is 0 Å². The maximum Gasteiger partial charge on any atom is 0.225 e. The molecule has 140 valence electrons. The Kier molecular flexibility index (Phi) is 5.41. The smallest absolute Gasteiger partial charge is 0.225 e. The molecule has 1 atom stereocenters. The van der Waals surface area contributed by atoms with Crippen molar-refractivity contribution in [2.24, 2.45) is 5.92 Å². The van der Waals surface area contributed by atoms with Crippen LogP contribution in [0.2, 0.25) is 0 Å². The summed E-state index contributed by atoms with van der Waals surface area (Å²) in [7, 11) is 0. The number of carbonyl (C=O) groups is 1. The molecule has 1 fully saturated rings. The third-order valence-corrected chi connectivity index (χ3v) is 5.09. The third kappa shape index (κ3) is 3.51. The Morgan fingerprint density at radius 1 is 1.38 bits per heavy atom. The summed E-state index contributed by atoms with van der Waals surface area (Å²) in [5, 5.41) is 13.7. The standard InChI is InChI=1S/C20H27N3O3/c1-12(2)20(25)23-9-5-6-15(10-23)17-8-7-16(11-24)19(21-17)18-13(3)22-26-14(18)4/h7-8,12,15,24H,5-6,9-11H2,1-4H3/t15-/m0/s1. The van der Waals surface area contributed by atoms with Crippen molar-refractivity contribution >= 4 is 5.91 Å². The molecule has 2 aromatic rings. The fraction of sp³-hybridized carbons (Fsp3) is 0.550. The van der Waals surface area contributed by atoms with E-state index in [1.54, 1.807) is 0 Å². The molecule has 1 saturated heterocycles. The number of piperidine rings is 1. The summed E-state index contributed by atoms with van der Waals surface area (Å²) in [6, 6.07) is 3.90. The van der Waals surface area contributed by atoms with Gasteiger partial charge in [-0.3, -0.25) is 9.78 Å². The highest BCUT2D eigenvalue weighted by molar-refractivity contribution is 5.78. The highest BCUT2D eigenvalue weighted by Crippen LogP contribution is 2.32. The molecule has 2 aromatic heterocycles. The van der Waals surface area contributed by atoms with Crippen LogP contribution >= 0.6 is 0 Å². The topological polar surface area (TPSA) is 79.5 Å². The molecule has 6 nitrogen and oxygen atoms in total. The predicted octanol–water partition coefficient (Wildman–Crippen LogP) is 3.21. The average Bonchev–Trinajstić information content (AvgIpc) is 2.98. The maximum absolute atomic E-state index is 12.4. The summed E-state index contributed by atoms with van der Waals surface area (Å²) >= 11 is 0. The molecular weight excluding hydrogens is 330 g/mol. The van der Waals surface area contributed by atoms with Crippen LogP contribution in [0.25, 0.3) is 11.3 Å². The summed E-state index contributed by atoms with van der Waals surface area (Å²) < 4.78 is 5.28. The highest BCUT2D eigenvalue weighted by atomic mass is 16.5. The second-order valence-electron chi connectivity index (χ2n) is 7.38. The molecule has 0 spiro atoms. The Balaban J connectivity index is 1.94. The lowest BCUT2D eigenvalue weighted by atomic mass is 9.92. The first-order valence-electron chi connectivity index (χ1n) is 9.25. The van der Waals surface area contributed by atoms with Gasteiger partial charge in [0.2, 0.25) is 5.91 Å². The number of nitrogens with zero attached hydrogens (tertiary/aromatic N) is 3. The van der Waals surface area contributed by atoms with Crippen LogP contribution in [-0.4, -0.2) is 39.1 Å². The van der Waals surface area contributed by atoms with Crippen molar-refractivity contribution in [3.63, 3.8) is 0 Å². The lowest BCUT2D eigenvalue weighted by Gasteiger charge is -2.33. The van der Waals surface area contributed by atoms with E-state index >= 15 is 0 Å². The van der Waals surface area contributed by atoms with Crippen molar-refractivity contribution in [3.8, 4) is 11.3 Å². The van der Waals surface area contributed by atoms with E-state index in [9.17, 15) is 9.90 Å². The number of hydrogen-bond donors (Lipinski definition) is 1. The first kappa shape index (κ1) is 18.6. The zero-order valence-corrected chi connectivity index (χ0v) is 16.0. The lowest BCUT2D eigenvalue weighted by molar-refractivity contribution is -0.135. The Hall–Kier alpha value is -2.21. The van der Waals surface area contributed by atoms with Crippen LogP contribution in [-0.2, 0) is 11.4 Å². The molecule has 0 unspecified atom stereocenters. The molecule has 26 heavy (non-hydrogen) atoms. The van der Waals surface area contributed by atoms with Gasteiger partial charge in [0.05, 0.1) is 23.6 Å². The minimum Gasteiger partial charge on any atom is -0.392 e. The van der Waals surface area contributed by atoms with Gasteiger partial charge in [-0.25, -0.2) is 0 Å². The van der Waals surface area contributed by atoms with Crippen molar-refractivity contribution in [3.05, 3.63) is 34.8 Å². The second kappa shape index (κ2) is 7.58. The van der Waals surface area contributed by atoms with Crippen LogP contribution in [0.5, 0.6) is 0 Å². The minimum atomic E-state index is -0.0880. The van der Waals surface area contributed by atoms with Gasteiger partial charge in [-0.15, -0.1) is 0 Å². The molecule has 0 bridgehead atoms. The summed E-state index contributed by atoms with van der Waals surface area (Å²) in [6.07, 6.45) is 1.99. The van der Waals surface area contributed by atoms with Crippen LogP contribution in [0.3, 0.4) is 0 Å². The van der Waals surface area contributed by atoms with E-state index in [1.807, 2.05) is 44.7 Å². The van der Waals surface area contributed by atoms with Gasteiger partial charge in [-0.05, 0) is 32.8 Å². The van der Waals surface area contributed by atoms with Crippen molar-refractivity contribution in [2.75, 3.05) is 13.1 Å². The van der Waals surface area contributed by atoms with Crippen molar-refractivity contribution in [1.82, 2.24) is 15.0 Å². The van der Waals surface area contributed by atoms with Gasteiger partial charge in [0.15, 0.2) is 0 Å². The monoisotopic (exact) mass is 357 g/mol. The Morgan fingerprint density at radius 2 is 2.15 bits per heavy atom. The van der Waals surface area contributed by atoms with E-state index in [0.717, 1.165) is 47.6 Å². The van der Waals surface area contributed by atoms with Crippen LogP contribution in [0, 0.1) is 19.8 Å². The zero-order chi connectivity index (χ0) is 18.8. The number of aliphatic hydroxyl groups is 1. The first-order valence-corrected chi connectivity index (χ1v) is 9.25. The van der Waals surface area contributed by atoms with Crippen molar-refractivity contribution in [2.45, 2.75) is 53.1 Å². The zero-order valence-electron chi connectivity index (χ0n) is 16.0. The highest BCUT2D eigenvalue weighted by Gasteiger charge is 2.28. The number of likely N-dealkylation sites (tertiary alicyclic amines) is 1. The second-order valence-corrected chi connectivity index (χ2v) is 7.38. The molecule has 0 aliphatic carbocycles. The van der Waals surface area contributed by atoms with Crippen LogP contribution in [0.1, 0.15) is 55.3 Å². The van der Waals surface area contributed by atoms with Crippen LogP contribution in [0.15, 0.2) is 16.7 Å². The number of aryl methyl sites for hydroxylation is 2. The molecule has 0 saturated carbocycles. The van der Waals surface area contributed by atoms with E-state index in [4.69, 9.17) is 9.51 Å². The number of aromatic nitrogens is 2. The number of hydrogen-bond acceptors (Lipinski definition) is 5. The lowest BCUT2D eigenvalue weighted by Crippen LogP contribution is -2.41. The van der Waals surface area contributed by atoms with E-state index < -0.39 is 0 Å². The normalized spacial score (nSPS) is 17.8. The quantitative estimate of drug-likeness (QED) is 0.909. The average molecular weight is 357 g/mol. The summed E-state index contributed by atoms with van der Waals surface area (Å²) in [6.45, 7) is 9.04. The SMILES string of the molecule is Cc1noc(C)c1-c1nc([C@H]2CCCN(C(=O)C(C)C)C2)ccc1CO. The number of carbonyl (C=O) groups excluding carboxylic acids is 1. The number of amides is 1. The molecule has 0 aromatic carbocycles. The summed E-state index contributed by atoms with van der Waals surface area (Å²) in [5.41, 5.74) is 4.06. The summed E-state index contributed by atoms with van der Waals surface area (Å²) in [5.74, 6) is 1.12. The third-order valence-electron chi connectivity index (χ3n) is 5.09. The fourth-order valence-electron chi connectivity index (χ4n) is 3.68. The van der Waals surface area contributed by atoms with Gasteiger partial charge < -0.3 is 14.5 Å². The molecule has 1 N–H and O–H groups in total. The summed E-state index contributed by atoms with van der Waals surface area (Å²) in [4.78, 5) is 19.2. The van der Waals surface area contributed by atoms with Crippen LogP contribution < -0.4 is 0 Å². The van der Waals surface area contributed by atoms with Crippen molar-refractivity contribution in [1.29, 1.82) is 0 Å². The predicted molar refractivity (Wildman–Crippen MR) is 98.5 cm³/mol. The van der Waals surface area contributed by atoms with Gasteiger partial charge in [0, 0.05) is 36.2 Å². The maximum atomic E-state index is 12.4. The molecule has 1 aliphatic rings. The number of pyridine rings is 1. The molecule has 3 rings (SSSR count). The Morgan fingerprint density at radius 3 is 2.77 bits per heavy atom. The number of aliphatic hydroxyl groups excluding tert-OH is 1. The Labute approximate surface area is 154 Å².